The molecule has 0 spiro atoms. The summed E-state index contributed by atoms with van der Waals surface area (Å²) >= 11 is 0. The lowest BCUT2D eigenvalue weighted by molar-refractivity contribution is -0.862. The minimum absolute atomic E-state index is 0.0533. The highest BCUT2D eigenvalue weighted by Gasteiger charge is 2.32. The third-order valence-corrected chi connectivity index (χ3v) is 5.92. The van der Waals surface area contributed by atoms with E-state index in [1.807, 2.05) is 54.4 Å². The van der Waals surface area contributed by atoms with Gasteiger partial charge in [0.2, 0.25) is 0 Å². The number of para-hydroxylation sites is 1. The molecule has 0 saturated carbocycles. The lowest BCUT2D eigenvalue weighted by atomic mass is 10.1. The van der Waals surface area contributed by atoms with Crippen LogP contribution in [0.25, 0.3) is 0 Å². The highest BCUT2D eigenvalue weighted by Crippen LogP contribution is 2.31. The molecule has 2 aromatic rings. The molecule has 0 bridgehead atoms. The molecule has 1 unspecified atom stereocenters. The molecule has 2 aliphatic rings. The highest BCUT2D eigenvalue weighted by molar-refractivity contribution is 5.97. The topological polar surface area (TPSA) is 66.3 Å². The summed E-state index contributed by atoms with van der Waals surface area (Å²) in [6, 6.07) is 16.1. The van der Waals surface area contributed by atoms with Crippen LogP contribution in [0.15, 0.2) is 48.5 Å². The van der Waals surface area contributed by atoms with E-state index in [1.165, 1.54) is 5.56 Å². The molecule has 4 rings (SSSR count). The van der Waals surface area contributed by atoms with Crippen LogP contribution in [0, 0.1) is 0 Å². The van der Waals surface area contributed by atoms with Crippen molar-refractivity contribution in [2.45, 2.75) is 19.4 Å². The van der Waals surface area contributed by atoms with E-state index in [2.05, 4.69) is 23.2 Å². The van der Waals surface area contributed by atoms with Gasteiger partial charge in [-0.05, 0) is 49.2 Å². The zero-order chi connectivity index (χ0) is 21.8. The number of hydrogen-bond donors (Lipinski definition) is 2. The van der Waals surface area contributed by atoms with Gasteiger partial charge >= 0.3 is 0 Å². The number of amides is 2. The van der Waals surface area contributed by atoms with Crippen LogP contribution in [0.4, 0.5) is 17.1 Å². The van der Waals surface area contributed by atoms with Crippen LogP contribution < -0.4 is 20.0 Å². The third kappa shape index (κ3) is 5.06. The minimum atomic E-state index is -0.0979. The van der Waals surface area contributed by atoms with E-state index in [9.17, 15) is 9.59 Å². The molecule has 2 atom stereocenters. The first-order chi connectivity index (χ1) is 15.0. The van der Waals surface area contributed by atoms with Crippen molar-refractivity contribution < 1.29 is 19.2 Å². The van der Waals surface area contributed by atoms with Gasteiger partial charge in [-0.25, -0.2) is 0 Å². The van der Waals surface area contributed by atoms with Gasteiger partial charge in [0.25, 0.3) is 11.8 Å². The standard InChI is InChI=1S/C24H30N4O3/c1-18-15-19-5-3-4-6-22(19)28(18)24(30)17-26(2)16-23(29)25-20-7-9-21(10-8-20)27-11-13-31-14-12-27/h3-10,18H,11-17H2,1-2H3,(H,25,29)/p+1/t18-/m1/s1. The van der Waals surface area contributed by atoms with Crippen molar-refractivity contribution in [3.8, 4) is 0 Å². The fourth-order valence-corrected chi connectivity index (χ4v) is 4.41. The maximum atomic E-state index is 12.9. The number of nitrogens with one attached hydrogen (secondary N) is 2. The molecule has 0 radical (unpaired) electrons. The quantitative estimate of drug-likeness (QED) is 0.726. The van der Waals surface area contributed by atoms with Gasteiger partial charge in [0.1, 0.15) is 0 Å². The van der Waals surface area contributed by atoms with Gasteiger partial charge in [-0.1, -0.05) is 18.2 Å². The van der Waals surface area contributed by atoms with Gasteiger partial charge < -0.3 is 24.8 Å². The van der Waals surface area contributed by atoms with Crippen molar-refractivity contribution in [2.24, 2.45) is 0 Å². The molecule has 0 aliphatic carbocycles. The van der Waals surface area contributed by atoms with E-state index in [-0.39, 0.29) is 30.9 Å². The predicted molar refractivity (Wildman–Crippen MR) is 122 cm³/mol. The molecule has 31 heavy (non-hydrogen) atoms. The number of morpholine rings is 1. The molecular formula is C24H31N4O3+. The molecule has 7 nitrogen and oxygen atoms in total. The van der Waals surface area contributed by atoms with Crippen molar-refractivity contribution >= 4 is 28.9 Å². The van der Waals surface area contributed by atoms with Crippen LogP contribution in [0.5, 0.6) is 0 Å². The predicted octanol–water partition coefficient (Wildman–Crippen LogP) is 0.954. The average molecular weight is 424 g/mol. The third-order valence-electron chi connectivity index (χ3n) is 5.92. The summed E-state index contributed by atoms with van der Waals surface area (Å²) in [5.41, 5.74) is 4.11. The van der Waals surface area contributed by atoms with Crippen LogP contribution in [0.1, 0.15) is 12.5 Å². The minimum Gasteiger partial charge on any atom is -0.378 e. The Bertz CT molecular complexity index is 925. The number of carbonyl (C=O) groups is 2. The summed E-state index contributed by atoms with van der Waals surface area (Å²) in [4.78, 5) is 30.4. The number of anilines is 3. The van der Waals surface area contributed by atoms with Crippen LogP contribution >= 0.6 is 0 Å². The van der Waals surface area contributed by atoms with Crippen LogP contribution in [-0.2, 0) is 20.7 Å². The molecule has 2 aliphatic heterocycles. The van der Waals surface area contributed by atoms with E-state index < -0.39 is 0 Å². The SMILES string of the molecule is C[C@@H]1Cc2ccccc2N1C(=O)C[NH+](C)CC(=O)Nc1ccc(N2CCOCC2)cc1. The Morgan fingerprint density at radius 3 is 2.52 bits per heavy atom. The Kier molecular flexibility index (Phi) is 6.53. The van der Waals surface area contributed by atoms with Crippen LogP contribution in [0.3, 0.4) is 0 Å². The molecule has 1 saturated heterocycles. The maximum Gasteiger partial charge on any atom is 0.282 e. The van der Waals surface area contributed by atoms with Crippen LogP contribution in [0.2, 0.25) is 0 Å². The second-order valence-electron chi connectivity index (χ2n) is 8.45. The number of quaternary nitrogens is 1. The molecule has 2 N–H and O–H groups in total. The zero-order valence-electron chi connectivity index (χ0n) is 18.3. The molecule has 164 valence electrons. The number of likely N-dealkylation sites (N-methyl/N-ethyl adjacent to an activating group) is 1. The number of benzene rings is 2. The summed E-state index contributed by atoms with van der Waals surface area (Å²) in [5.74, 6) is -0.0445. The van der Waals surface area contributed by atoms with Gasteiger partial charge in [0, 0.05) is 36.2 Å². The Balaban J connectivity index is 1.28. The molecule has 7 heteroatoms. The number of nitrogens with zero attached hydrogens (tertiary/aromatic N) is 2. The first kappa shape index (κ1) is 21.3. The van der Waals surface area contributed by atoms with Crippen molar-refractivity contribution in [1.29, 1.82) is 0 Å². The fourth-order valence-electron chi connectivity index (χ4n) is 4.41. The van der Waals surface area contributed by atoms with E-state index in [1.54, 1.807) is 0 Å². The maximum absolute atomic E-state index is 12.9. The van der Waals surface area contributed by atoms with E-state index in [0.29, 0.717) is 0 Å². The van der Waals surface area contributed by atoms with Gasteiger partial charge in [-0.15, -0.1) is 0 Å². The second kappa shape index (κ2) is 9.49. The average Bonchev–Trinajstić information content (AvgIpc) is 3.10. The van der Waals surface area contributed by atoms with Gasteiger partial charge in [0.05, 0.1) is 20.3 Å². The summed E-state index contributed by atoms with van der Waals surface area (Å²) in [7, 11) is 1.88. The Hall–Kier alpha value is -2.90. The Morgan fingerprint density at radius 2 is 1.77 bits per heavy atom. The van der Waals surface area contributed by atoms with Gasteiger partial charge in [-0.2, -0.15) is 0 Å². The highest BCUT2D eigenvalue weighted by atomic mass is 16.5. The smallest absolute Gasteiger partial charge is 0.282 e. The lowest BCUT2D eigenvalue weighted by Gasteiger charge is -2.28. The van der Waals surface area contributed by atoms with E-state index in [4.69, 9.17) is 4.74 Å². The van der Waals surface area contributed by atoms with Crippen molar-refractivity contribution in [1.82, 2.24) is 0 Å². The van der Waals surface area contributed by atoms with Crippen molar-refractivity contribution in [2.75, 3.05) is 61.6 Å². The number of ether oxygens (including phenoxy) is 1. The molecular weight excluding hydrogens is 392 g/mol. The molecule has 1 fully saturated rings. The fraction of sp³-hybridized carbons (Fsp3) is 0.417. The second-order valence-corrected chi connectivity index (χ2v) is 8.45. The normalized spacial score (nSPS) is 19.1. The summed E-state index contributed by atoms with van der Waals surface area (Å²) in [6.07, 6.45) is 0.877. The number of rotatable bonds is 6. The Labute approximate surface area is 183 Å². The molecule has 0 aromatic heterocycles. The zero-order valence-corrected chi connectivity index (χ0v) is 18.3. The van der Waals surface area contributed by atoms with Crippen LogP contribution in [-0.4, -0.2) is 64.3 Å². The van der Waals surface area contributed by atoms with Crippen molar-refractivity contribution in [3.63, 3.8) is 0 Å². The Morgan fingerprint density at radius 1 is 1.06 bits per heavy atom. The number of hydrogen-bond acceptors (Lipinski definition) is 4. The monoisotopic (exact) mass is 423 g/mol. The van der Waals surface area contributed by atoms with Gasteiger partial charge in [0.15, 0.2) is 13.1 Å². The van der Waals surface area contributed by atoms with E-state index in [0.717, 1.165) is 54.7 Å². The molecule has 2 heterocycles. The summed E-state index contributed by atoms with van der Waals surface area (Å²) in [5, 5.41) is 2.94. The largest absolute Gasteiger partial charge is 0.378 e. The first-order valence-electron chi connectivity index (χ1n) is 10.9. The lowest BCUT2D eigenvalue weighted by Crippen LogP contribution is -3.11. The van der Waals surface area contributed by atoms with Crippen molar-refractivity contribution in [3.05, 3.63) is 54.1 Å². The number of fused-ring (bicyclic) bond motifs is 1. The van der Waals surface area contributed by atoms with E-state index >= 15 is 0 Å². The first-order valence-corrected chi connectivity index (χ1v) is 10.9. The summed E-state index contributed by atoms with van der Waals surface area (Å²) < 4.78 is 5.39. The number of carbonyl (C=O) groups excluding carboxylic acids is 2. The summed E-state index contributed by atoms with van der Waals surface area (Å²) in [6.45, 7) is 5.84. The van der Waals surface area contributed by atoms with Gasteiger partial charge in [-0.3, -0.25) is 9.59 Å². The molecule has 2 amide bonds. The molecule has 2 aromatic carbocycles.